The van der Waals surface area contributed by atoms with Crippen LogP contribution in [0.2, 0.25) is 0 Å². The fourth-order valence-electron chi connectivity index (χ4n) is 1.95. The van der Waals surface area contributed by atoms with E-state index in [0.717, 1.165) is 5.56 Å². The molecule has 1 amide bonds. The second-order valence-electron chi connectivity index (χ2n) is 5.12. The van der Waals surface area contributed by atoms with Crippen LogP contribution in [0.3, 0.4) is 0 Å². The molecule has 0 aromatic heterocycles. The number of nitrogens with one attached hydrogen (secondary N) is 1. The number of carbonyl (C=O) groups is 1. The molecule has 4 nitrogen and oxygen atoms in total. The molecule has 0 aliphatic carbocycles. The highest BCUT2D eigenvalue weighted by molar-refractivity contribution is 5.80. The van der Waals surface area contributed by atoms with Gasteiger partial charge in [-0.1, -0.05) is 18.2 Å². The maximum Gasteiger partial charge on any atom is 0.260 e. The van der Waals surface area contributed by atoms with Gasteiger partial charge in [0.1, 0.15) is 23.9 Å². The zero-order valence-electron chi connectivity index (χ0n) is 13.2. The first kappa shape index (κ1) is 16.8. The van der Waals surface area contributed by atoms with Crippen molar-refractivity contribution in [2.75, 3.05) is 13.2 Å². The summed E-state index contributed by atoms with van der Waals surface area (Å²) in [7, 11) is 0. The van der Waals surface area contributed by atoms with Crippen molar-refractivity contribution in [2.45, 2.75) is 20.0 Å². The van der Waals surface area contributed by atoms with Crippen LogP contribution in [0.5, 0.6) is 11.5 Å². The monoisotopic (exact) mass is 317 g/mol. The second-order valence-corrected chi connectivity index (χ2v) is 5.12. The molecular weight excluding hydrogens is 297 g/mol. The molecule has 0 spiro atoms. The second kappa shape index (κ2) is 8.17. The maximum atomic E-state index is 12.8. The Labute approximate surface area is 135 Å². The highest BCUT2D eigenvalue weighted by Crippen LogP contribution is 2.17. The van der Waals surface area contributed by atoms with Crippen LogP contribution in [-0.4, -0.2) is 25.2 Å². The first-order valence-corrected chi connectivity index (χ1v) is 7.44. The Kier molecular flexibility index (Phi) is 5.97. The number of hydrogen-bond donors (Lipinski definition) is 1. The fourth-order valence-corrected chi connectivity index (χ4v) is 1.95. The number of hydrogen-bond acceptors (Lipinski definition) is 3. The van der Waals surface area contributed by atoms with Gasteiger partial charge in [-0.05, 0) is 49.7 Å². The minimum absolute atomic E-state index is 0.212. The molecule has 0 fully saturated rings. The van der Waals surface area contributed by atoms with Gasteiger partial charge < -0.3 is 14.8 Å². The summed E-state index contributed by atoms with van der Waals surface area (Å²) < 4.78 is 23.8. The predicted octanol–water partition coefficient (Wildman–Crippen LogP) is 3.10. The van der Waals surface area contributed by atoms with Gasteiger partial charge in [0.05, 0.1) is 6.54 Å². The Morgan fingerprint density at radius 2 is 1.87 bits per heavy atom. The van der Waals surface area contributed by atoms with Crippen LogP contribution in [0.1, 0.15) is 12.5 Å². The molecule has 1 atom stereocenters. The first-order valence-electron chi connectivity index (χ1n) is 7.44. The summed E-state index contributed by atoms with van der Waals surface area (Å²) in [5.41, 5.74) is 0.979. The van der Waals surface area contributed by atoms with Crippen molar-refractivity contribution in [1.29, 1.82) is 0 Å². The van der Waals surface area contributed by atoms with Crippen LogP contribution < -0.4 is 14.8 Å². The van der Waals surface area contributed by atoms with Crippen molar-refractivity contribution in [3.05, 3.63) is 59.9 Å². The van der Waals surface area contributed by atoms with Gasteiger partial charge in [0.25, 0.3) is 5.91 Å². The molecule has 2 rings (SSSR count). The van der Waals surface area contributed by atoms with Gasteiger partial charge in [-0.15, -0.1) is 0 Å². The van der Waals surface area contributed by atoms with Crippen molar-refractivity contribution < 1.29 is 18.7 Å². The summed E-state index contributed by atoms with van der Waals surface area (Å²) in [6.45, 7) is 4.27. The number of rotatable bonds is 7. The number of carbonyl (C=O) groups excluding carboxylic acids is 1. The molecule has 2 aromatic rings. The van der Waals surface area contributed by atoms with Crippen LogP contribution >= 0.6 is 0 Å². The summed E-state index contributed by atoms with van der Waals surface area (Å²) in [5.74, 6) is 0.728. The van der Waals surface area contributed by atoms with Gasteiger partial charge in [-0.3, -0.25) is 4.79 Å². The van der Waals surface area contributed by atoms with Crippen molar-refractivity contribution in [3.63, 3.8) is 0 Å². The number of halogens is 1. The van der Waals surface area contributed by atoms with Gasteiger partial charge >= 0.3 is 0 Å². The van der Waals surface area contributed by atoms with E-state index in [-0.39, 0.29) is 11.7 Å². The van der Waals surface area contributed by atoms with E-state index in [1.807, 2.05) is 31.2 Å². The van der Waals surface area contributed by atoms with Gasteiger partial charge in [0, 0.05) is 0 Å². The Morgan fingerprint density at radius 1 is 1.17 bits per heavy atom. The first-order chi connectivity index (χ1) is 11.1. The number of aryl methyl sites for hydroxylation is 1. The zero-order chi connectivity index (χ0) is 16.7. The minimum Gasteiger partial charge on any atom is -0.492 e. The largest absolute Gasteiger partial charge is 0.492 e. The average molecular weight is 317 g/mol. The molecule has 0 saturated carbocycles. The Bertz CT molecular complexity index is 643. The van der Waals surface area contributed by atoms with E-state index in [9.17, 15) is 9.18 Å². The van der Waals surface area contributed by atoms with Gasteiger partial charge in [0.15, 0.2) is 6.10 Å². The Balaban J connectivity index is 1.72. The molecule has 2 aromatic carbocycles. The standard InChI is InChI=1S/C18H20FNO3/c1-13-5-3-4-6-17(13)23-14(2)18(21)20-11-12-22-16-9-7-15(19)8-10-16/h3-10,14H,11-12H2,1-2H3,(H,20,21)/t14-/m0/s1. The Morgan fingerprint density at radius 3 is 2.57 bits per heavy atom. The van der Waals surface area contributed by atoms with Crippen LogP contribution in [0, 0.1) is 12.7 Å². The normalized spacial score (nSPS) is 11.6. The number of amides is 1. The third kappa shape index (κ3) is 5.29. The van der Waals surface area contributed by atoms with Crippen molar-refractivity contribution in [3.8, 4) is 11.5 Å². The molecule has 1 N–H and O–H groups in total. The molecule has 0 aliphatic rings. The molecule has 0 bridgehead atoms. The summed E-state index contributed by atoms with van der Waals surface area (Å²) in [6.07, 6.45) is -0.595. The van der Waals surface area contributed by atoms with E-state index in [1.54, 1.807) is 19.1 Å². The van der Waals surface area contributed by atoms with Crippen LogP contribution in [0.25, 0.3) is 0 Å². The quantitative estimate of drug-likeness (QED) is 0.798. The van der Waals surface area contributed by atoms with Crippen molar-refractivity contribution >= 4 is 5.91 Å². The van der Waals surface area contributed by atoms with E-state index in [1.165, 1.54) is 12.1 Å². The van der Waals surface area contributed by atoms with E-state index in [0.29, 0.717) is 24.7 Å². The van der Waals surface area contributed by atoms with Gasteiger partial charge in [-0.2, -0.15) is 0 Å². The summed E-state index contributed by atoms with van der Waals surface area (Å²) >= 11 is 0. The van der Waals surface area contributed by atoms with E-state index >= 15 is 0 Å². The Hall–Kier alpha value is -2.56. The summed E-state index contributed by atoms with van der Waals surface area (Å²) in [4.78, 5) is 12.0. The highest BCUT2D eigenvalue weighted by atomic mass is 19.1. The number of ether oxygens (including phenoxy) is 2. The van der Waals surface area contributed by atoms with Crippen LogP contribution in [-0.2, 0) is 4.79 Å². The highest BCUT2D eigenvalue weighted by Gasteiger charge is 2.14. The van der Waals surface area contributed by atoms with Gasteiger partial charge in [0.2, 0.25) is 0 Å². The number of benzene rings is 2. The molecule has 0 saturated heterocycles. The van der Waals surface area contributed by atoms with Crippen molar-refractivity contribution in [1.82, 2.24) is 5.32 Å². The number of para-hydroxylation sites is 1. The third-order valence-electron chi connectivity index (χ3n) is 3.25. The lowest BCUT2D eigenvalue weighted by Crippen LogP contribution is -2.38. The molecule has 23 heavy (non-hydrogen) atoms. The van der Waals surface area contributed by atoms with Crippen LogP contribution in [0.15, 0.2) is 48.5 Å². The molecule has 122 valence electrons. The molecule has 0 heterocycles. The third-order valence-corrected chi connectivity index (χ3v) is 3.25. The minimum atomic E-state index is -0.595. The summed E-state index contributed by atoms with van der Waals surface area (Å²) in [6, 6.07) is 13.3. The smallest absolute Gasteiger partial charge is 0.260 e. The van der Waals surface area contributed by atoms with E-state index in [2.05, 4.69) is 5.32 Å². The lowest BCUT2D eigenvalue weighted by Gasteiger charge is -2.16. The maximum absolute atomic E-state index is 12.8. The molecule has 0 unspecified atom stereocenters. The van der Waals surface area contributed by atoms with E-state index < -0.39 is 6.10 Å². The molecule has 0 aliphatic heterocycles. The fraction of sp³-hybridized carbons (Fsp3) is 0.278. The van der Waals surface area contributed by atoms with Crippen molar-refractivity contribution in [2.24, 2.45) is 0 Å². The zero-order valence-corrected chi connectivity index (χ0v) is 13.2. The van der Waals surface area contributed by atoms with E-state index in [4.69, 9.17) is 9.47 Å². The lowest BCUT2D eigenvalue weighted by molar-refractivity contribution is -0.127. The molecule has 0 radical (unpaired) electrons. The predicted molar refractivity (Wildman–Crippen MR) is 86.2 cm³/mol. The van der Waals surface area contributed by atoms with Gasteiger partial charge in [-0.25, -0.2) is 4.39 Å². The topological polar surface area (TPSA) is 47.6 Å². The average Bonchev–Trinajstić information content (AvgIpc) is 2.55. The summed E-state index contributed by atoms with van der Waals surface area (Å²) in [5, 5.41) is 2.74. The molecular formula is C18H20FNO3. The van der Waals surface area contributed by atoms with Crippen LogP contribution in [0.4, 0.5) is 4.39 Å². The SMILES string of the molecule is Cc1ccccc1O[C@@H](C)C(=O)NCCOc1ccc(F)cc1. The molecule has 5 heteroatoms. The lowest BCUT2D eigenvalue weighted by atomic mass is 10.2.